The van der Waals surface area contributed by atoms with Gasteiger partial charge in [0, 0.05) is 13.0 Å². The maximum absolute atomic E-state index is 5.58. The normalized spacial score (nSPS) is 10.5. The maximum Gasteiger partial charge on any atom is 0.119 e. The van der Waals surface area contributed by atoms with Crippen molar-refractivity contribution in [2.45, 2.75) is 26.2 Å². The molecule has 0 saturated carbocycles. The van der Waals surface area contributed by atoms with Crippen molar-refractivity contribution in [3.63, 3.8) is 0 Å². The largest absolute Gasteiger partial charge is 0.491 e. The molecule has 1 rings (SSSR count). The van der Waals surface area contributed by atoms with Crippen LogP contribution in [0.2, 0.25) is 0 Å². The molecule has 0 unspecified atom stereocenters. The molecule has 0 saturated heterocycles. The van der Waals surface area contributed by atoms with Gasteiger partial charge in [0.15, 0.2) is 0 Å². The van der Waals surface area contributed by atoms with E-state index in [1.54, 1.807) is 0 Å². The van der Waals surface area contributed by atoms with Gasteiger partial charge in [-0.05, 0) is 24.1 Å². The van der Waals surface area contributed by atoms with Gasteiger partial charge >= 0.3 is 0 Å². The van der Waals surface area contributed by atoms with Gasteiger partial charge in [0.1, 0.15) is 12.4 Å². The van der Waals surface area contributed by atoms with Gasteiger partial charge in [0.2, 0.25) is 0 Å². The van der Waals surface area contributed by atoms with Crippen LogP contribution in [0.15, 0.2) is 24.3 Å². The summed E-state index contributed by atoms with van der Waals surface area (Å²) >= 11 is 4.87. The third-order valence-corrected chi connectivity index (χ3v) is 2.96. The van der Waals surface area contributed by atoms with Gasteiger partial charge in [-0.15, -0.1) is 0 Å². The summed E-state index contributed by atoms with van der Waals surface area (Å²) < 4.78 is 16.4. The standard InChI is InChI=1S/C16H25NO3S/c1-2-3-8-18-9-10-19-11-12-20-15-6-4-14(5-7-15)13-16(17)21/h4-7H,2-3,8-13H2,1H3,(H2,17,21). The first-order valence-electron chi connectivity index (χ1n) is 7.38. The fraction of sp³-hybridized carbons (Fsp3) is 0.562. The fourth-order valence-electron chi connectivity index (χ4n) is 1.69. The molecule has 0 amide bonds. The topological polar surface area (TPSA) is 53.7 Å². The Morgan fingerprint density at radius 3 is 2.24 bits per heavy atom. The molecule has 2 N–H and O–H groups in total. The van der Waals surface area contributed by atoms with Crippen LogP contribution in [-0.4, -0.2) is 38.0 Å². The number of unbranched alkanes of at least 4 members (excludes halogenated alkanes) is 1. The molecule has 0 spiro atoms. The molecule has 0 radical (unpaired) electrons. The van der Waals surface area contributed by atoms with E-state index < -0.39 is 0 Å². The van der Waals surface area contributed by atoms with Gasteiger partial charge in [0.25, 0.3) is 0 Å². The van der Waals surface area contributed by atoms with Crippen molar-refractivity contribution in [3.05, 3.63) is 29.8 Å². The van der Waals surface area contributed by atoms with Crippen LogP contribution in [0.3, 0.4) is 0 Å². The van der Waals surface area contributed by atoms with Crippen LogP contribution < -0.4 is 10.5 Å². The lowest BCUT2D eigenvalue weighted by molar-refractivity contribution is 0.0356. The summed E-state index contributed by atoms with van der Waals surface area (Å²) in [5.74, 6) is 0.824. The Morgan fingerprint density at radius 2 is 1.62 bits per heavy atom. The summed E-state index contributed by atoms with van der Waals surface area (Å²) in [7, 11) is 0. The van der Waals surface area contributed by atoms with E-state index in [9.17, 15) is 0 Å². The molecular formula is C16H25NO3S. The summed E-state index contributed by atoms with van der Waals surface area (Å²) in [5.41, 5.74) is 6.59. The van der Waals surface area contributed by atoms with Crippen LogP contribution in [0.4, 0.5) is 0 Å². The minimum absolute atomic E-state index is 0.498. The van der Waals surface area contributed by atoms with E-state index in [-0.39, 0.29) is 0 Å². The number of rotatable bonds is 12. The highest BCUT2D eigenvalue weighted by Gasteiger charge is 1.97. The molecule has 0 atom stereocenters. The van der Waals surface area contributed by atoms with Crippen molar-refractivity contribution in [2.24, 2.45) is 5.73 Å². The molecule has 0 fully saturated rings. The minimum atomic E-state index is 0.498. The van der Waals surface area contributed by atoms with Crippen molar-refractivity contribution < 1.29 is 14.2 Å². The predicted molar refractivity (Wildman–Crippen MR) is 89.0 cm³/mol. The van der Waals surface area contributed by atoms with Gasteiger partial charge in [-0.3, -0.25) is 0 Å². The van der Waals surface area contributed by atoms with Gasteiger partial charge in [-0.1, -0.05) is 37.7 Å². The van der Waals surface area contributed by atoms with Crippen molar-refractivity contribution in [3.8, 4) is 5.75 Å². The molecule has 21 heavy (non-hydrogen) atoms. The summed E-state index contributed by atoms with van der Waals surface area (Å²) in [6.45, 7) is 5.31. The Morgan fingerprint density at radius 1 is 1.00 bits per heavy atom. The molecule has 0 aliphatic heterocycles. The second-order valence-corrected chi connectivity index (χ2v) is 5.24. The second-order valence-electron chi connectivity index (χ2n) is 4.71. The van der Waals surface area contributed by atoms with Gasteiger partial charge < -0.3 is 19.9 Å². The quantitative estimate of drug-likeness (QED) is 0.475. The first-order valence-corrected chi connectivity index (χ1v) is 7.78. The van der Waals surface area contributed by atoms with E-state index in [2.05, 4.69) is 6.92 Å². The van der Waals surface area contributed by atoms with Crippen molar-refractivity contribution in [2.75, 3.05) is 33.0 Å². The highest BCUT2D eigenvalue weighted by molar-refractivity contribution is 7.80. The average molecular weight is 311 g/mol. The lowest BCUT2D eigenvalue weighted by Crippen LogP contribution is -2.12. The molecular weight excluding hydrogens is 286 g/mol. The van der Waals surface area contributed by atoms with E-state index in [0.29, 0.717) is 37.8 Å². The molecule has 0 heterocycles. The van der Waals surface area contributed by atoms with Crippen molar-refractivity contribution in [1.82, 2.24) is 0 Å². The van der Waals surface area contributed by atoms with Crippen LogP contribution in [0.25, 0.3) is 0 Å². The molecule has 0 aliphatic rings. The van der Waals surface area contributed by atoms with Gasteiger partial charge in [-0.2, -0.15) is 0 Å². The van der Waals surface area contributed by atoms with Crippen molar-refractivity contribution in [1.29, 1.82) is 0 Å². The van der Waals surface area contributed by atoms with E-state index in [1.165, 1.54) is 0 Å². The number of hydrogen-bond donors (Lipinski definition) is 1. The molecule has 0 aliphatic carbocycles. The third-order valence-electron chi connectivity index (χ3n) is 2.81. The Kier molecular flexibility index (Phi) is 9.78. The van der Waals surface area contributed by atoms with E-state index in [4.69, 9.17) is 32.2 Å². The summed E-state index contributed by atoms with van der Waals surface area (Å²) in [5, 5.41) is 0. The molecule has 1 aromatic carbocycles. The summed E-state index contributed by atoms with van der Waals surface area (Å²) in [4.78, 5) is 0.498. The van der Waals surface area contributed by atoms with E-state index in [1.807, 2.05) is 24.3 Å². The first kappa shape index (κ1) is 17.9. The molecule has 5 heteroatoms. The number of ether oxygens (including phenoxy) is 3. The molecule has 118 valence electrons. The molecule has 0 aromatic heterocycles. The van der Waals surface area contributed by atoms with E-state index in [0.717, 1.165) is 30.8 Å². The van der Waals surface area contributed by atoms with Gasteiger partial charge in [0.05, 0.1) is 24.8 Å². The number of nitrogens with two attached hydrogens (primary N) is 1. The third kappa shape index (κ3) is 9.39. The Balaban J connectivity index is 2.03. The second kappa shape index (κ2) is 11.5. The highest BCUT2D eigenvalue weighted by Crippen LogP contribution is 2.12. The zero-order valence-corrected chi connectivity index (χ0v) is 13.5. The smallest absolute Gasteiger partial charge is 0.119 e. The first-order chi connectivity index (χ1) is 10.2. The zero-order valence-electron chi connectivity index (χ0n) is 12.7. The summed E-state index contributed by atoms with van der Waals surface area (Å²) in [6, 6.07) is 7.77. The molecule has 1 aromatic rings. The maximum atomic E-state index is 5.58. The molecule has 4 nitrogen and oxygen atoms in total. The predicted octanol–water partition coefficient (Wildman–Crippen LogP) is 2.73. The lowest BCUT2D eigenvalue weighted by atomic mass is 10.1. The number of thiocarbonyl (C=S) groups is 1. The van der Waals surface area contributed by atoms with Crippen LogP contribution in [0, 0.1) is 0 Å². The van der Waals surface area contributed by atoms with Crippen LogP contribution in [0.1, 0.15) is 25.3 Å². The van der Waals surface area contributed by atoms with Gasteiger partial charge in [-0.25, -0.2) is 0 Å². The van der Waals surface area contributed by atoms with Crippen LogP contribution in [0.5, 0.6) is 5.75 Å². The number of benzene rings is 1. The van der Waals surface area contributed by atoms with Crippen LogP contribution in [-0.2, 0) is 15.9 Å². The minimum Gasteiger partial charge on any atom is -0.491 e. The monoisotopic (exact) mass is 311 g/mol. The Labute approximate surface area is 132 Å². The SMILES string of the molecule is CCCCOCCOCCOc1ccc(CC(N)=S)cc1. The Bertz CT molecular complexity index is 395. The highest BCUT2D eigenvalue weighted by atomic mass is 32.1. The number of hydrogen-bond acceptors (Lipinski definition) is 4. The van der Waals surface area contributed by atoms with Crippen LogP contribution >= 0.6 is 12.2 Å². The summed E-state index contributed by atoms with van der Waals surface area (Å²) in [6.07, 6.45) is 2.88. The average Bonchev–Trinajstić information content (AvgIpc) is 2.47. The molecule has 0 bridgehead atoms. The van der Waals surface area contributed by atoms with Crippen molar-refractivity contribution >= 4 is 17.2 Å². The fourth-order valence-corrected chi connectivity index (χ4v) is 1.86. The van der Waals surface area contributed by atoms with E-state index >= 15 is 0 Å². The zero-order chi connectivity index (χ0) is 15.3. The Hall–Kier alpha value is -1.17. The lowest BCUT2D eigenvalue weighted by Gasteiger charge is -2.08.